The molecule has 1 rings (SSSR count). The molecule has 0 saturated carbocycles. The summed E-state index contributed by atoms with van der Waals surface area (Å²) in [5.41, 5.74) is 5.66. The van der Waals surface area contributed by atoms with E-state index in [0.717, 1.165) is 4.47 Å². The van der Waals surface area contributed by atoms with Gasteiger partial charge < -0.3 is 15.8 Å². The van der Waals surface area contributed by atoms with Crippen LogP contribution in [-0.2, 0) is 0 Å². The Morgan fingerprint density at radius 2 is 2.31 bits per heavy atom. The molecule has 0 spiro atoms. The zero-order valence-electron chi connectivity index (χ0n) is 9.29. The van der Waals surface area contributed by atoms with Gasteiger partial charge in [0.15, 0.2) is 0 Å². The van der Waals surface area contributed by atoms with Gasteiger partial charge in [-0.05, 0) is 32.2 Å². The van der Waals surface area contributed by atoms with Crippen LogP contribution in [0.1, 0.15) is 17.3 Å². The molecule has 0 radical (unpaired) electrons. The van der Waals surface area contributed by atoms with Gasteiger partial charge in [-0.1, -0.05) is 15.9 Å². The van der Waals surface area contributed by atoms with E-state index in [0.29, 0.717) is 17.9 Å². The van der Waals surface area contributed by atoms with E-state index in [1.807, 2.05) is 20.0 Å². The fourth-order valence-corrected chi connectivity index (χ4v) is 1.70. The number of carbonyl (C=O) groups is 1. The molecule has 0 aromatic heterocycles. The number of amides is 1. The molecule has 5 heteroatoms. The minimum atomic E-state index is -0.493. The molecule has 0 fully saturated rings. The number of benzene rings is 1. The molecule has 1 unspecified atom stereocenters. The van der Waals surface area contributed by atoms with Gasteiger partial charge in [-0.15, -0.1) is 0 Å². The minimum absolute atomic E-state index is 0.0238. The van der Waals surface area contributed by atoms with Gasteiger partial charge in [0.1, 0.15) is 11.9 Å². The third-order valence-electron chi connectivity index (χ3n) is 2.03. The molecule has 0 bridgehead atoms. The zero-order chi connectivity index (χ0) is 12.1. The summed E-state index contributed by atoms with van der Waals surface area (Å²) in [4.78, 5) is 11.2. The maximum atomic E-state index is 11.2. The van der Waals surface area contributed by atoms with Crippen LogP contribution in [0.5, 0.6) is 5.75 Å². The number of primary amides is 1. The summed E-state index contributed by atoms with van der Waals surface area (Å²) in [6.07, 6.45) is -0.0238. The van der Waals surface area contributed by atoms with Crippen molar-refractivity contribution in [3.63, 3.8) is 0 Å². The van der Waals surface area contributed by atoms with Gasteiger partial charge >= 0.3 is 0 Å². The Morgan fingerprint density at radius 1 is 1.62 bits per heavy atom. The normalized spacial score (nSPS) is 12.2. The van der Waals surface area contributed by atoms with E-state index in [4.69, 9.17) is 10.5 Å². The molecule has 1 amide bonds. The molecule has 0 saturated heterocycles. The van der Waals surface area contributed by atoms with Crippen LogP contribution in [0, 0.1) is 0 Å². The van der Waals surface area contributed by atoms with Crippen LogP contribution in [0.4, 0.5) is 0 Å². The number of hydrogen-bond acceptors (Lipinski definition) is 3. The highest BCUT2D eigenvalue weighted by Gasteiger charge is 2.12. The van der Waals surface area contributed by atoms with E-state index < -0.39 is 5.91 Å². The predicted octanol–water partition coefficient (Wildman–Crippen LogP) is 1.53. The Labute approximate surface area is 103 Å². The van der Waals surface area contributed by atoms with Gasteiger partial charge in [0.2, 0.25) is 0 Å². The minimum Gasteiger partial charge on any atom is -0.489 e. The molecule has 0 aliphatic carbocycles. The van der Waals surface area contributed by atoms with Crippen molar-refractivity contribution in [2.75, 3.05) is 13.6 Å². The highest BCUT2D eigenvalue weighted by Crippen LogP contribution is 2.23. The first-order valence-electron chi connectivity index (χ1n) is 4.95. The Bertz CT molecular complexity index is 382. The van der Waals surface area contributed by atoms with Crippen molar-refractivity contribution in [1.82, 2.24) is 5.32 Å². The number of carbonyl (C=O) groups excluding carboxylic acids is 1. The molecule has 0 heterocycles. The molecule has 4 nitrogen and oxygen atoms in total. The number of likely N-dealkylation sites (N-methyl/N-ethyl adjacent to an activating group) is 1. The molecule has 1 aromatic carbocycles. The molecule has 16 heavy (non-hydrogen) atoms. The number of hydrogen-bond donors (Lipinski definition) is 2. The van der Waals surface area contributed by atoms with E-state index >= 15 is 0 Å². The summed E-state index contributed by atoms with van der Waals surface area (Å²) in [6, 6.07) is 5.20. The van der Waals surface area contributed by atoms with Crippen molar-refractivity contribution in [2.45, 2.75) is 13.0 Å². The van der Waals surface area contributed by atoms with Gasteiger partial charge in [0.05, 0.1) is 5.56 Å². The largest absolute Gasteiger partial charge is 0.489 e. The average Bonchev–Trinajstić information content (AvgIpc) is 2.20. The summed E-state index contributed by atoms with van der Waals surface area (Å²) in [5, 5.41) is 3.00. The summed E-state index contributed by atoms with van der Waals surface area (Å²) in [7, 11) is 1.84. The Hall–Kier alpha value is -1.07. The van der Waals surface area contributed by atoms with Crippen LogP contribution in [0.3, 0.4) is 0 Å². The van der Waals surface area contributed by atoms with Crippen molar-refractivity contribution in [3.05, 3.63) is 28.2 Å². The first-order valence-corrected chi connectivity index (χ1v) is 5.74. The smallest absolute Gasteiger partial charge is 0.252 e. The van der Waals surface area contributed by atoms with E-state index in [-0.39, 0.29) is 6.10 Å². The maximum Gasteiger partial charge on any atom is 0.252 e. The van der Waals surface area contributed by atoms with Crippen LogP contribution < -0.4 is 15.8 Å². The fraction of sp³-hybridized carbons (Fsp3) is 0.364. The second kappa shape index (κ2) is 5.86. The average molecular weight is 287 g/mol. The number of nitrogens with two attached hydrogens (primary N) is 1. The van der Waals surface area contributed by atoms with Crippen molar-refractivity contribution >= 4 is 21.8 Å². The monoisotopic (exact) mass is 286 g/mol. The van der Waals surface area contributed by atoms with Crippen LogP contribution in [0.15, 0.2) is 22.7 Å². The Balaban J connectivity index is 2.90. The third kappa shape index (κ3) is 3.50. The molecule has 0 aliphatic heterocycles. The first-order chi connectivity index (χ1) is 7.54. The summed E-state index contributed by atoms with van der Waals surface area (Å²) in [6.45, 7) is 2.62. The lowest BCUT2D eigenvalue weighted by molar-refractivity contribution is 0.0993. The van der Waals surface area contributed by atoms with Crippen LogP contribution in [0.2, 0.25) is 0 Å². The zero-order valence-corrected chi connectivity index (χ0v) is 10.9. The molecule has 3 N–H and O–H groups in total. The van der Waals surface area contributed by atoms with Crippen LogP contribution in [0.25, 0.3) is 0 Å². The number of nitrogens with one attached hydrogen (secondary N) is 1. The molecule has 1 atom stereocenters. The number of ether oxygens (including phenoxy) is 1. The molecule has 1 aromatic rings. The van der Waals surface area contributed by atoms with Gasteiger partial charge in [-0.25, -0.2) is 0 Å². The fourth-order valence-electron chi connectivity index (χ4n) is 1.34. The summed E-state index contributed by atoms with van der Waals surface area (Å²) < 4.78 is 6.42. The van der Waals surface area contributed by atoms with Crippen LogP contribution >= 0.6 is 15.9 Å². The Morgan fingerprint density at radius 3 is 2.88 bits per heavy atom. The van der Waals surface area contributed by atoms with E-state index in [1.165, 1.54) is 0 Å². The third-order valence-corrected chi connectivity index (χ3v) is 2.52. The van der Waals surface area contributed by atoms with E-state index in [9.17, 15) is 4.79 Å². The van der Waals surface area contributed by atoms with Gasteiger partial charge in [0, 0.05) is 11.0 Å². The lowest BCUT2D eigenvalue weighted by Crippen LogP contribution is -2.27. The first kappa shape index (κ1) is 13.0. The molecule has 88 valence electrons. The van der Waals surface area contributed by atoms with E-state index in [1.54, 1.807) is 12.1 Å². The second-order valence-electron chi connectivity index (χ2n) is 3.49. The quantitative estimate of drug-likeness (QED) is 0.863. The van der Waals surface area contributed by atoms with Gasteiger partial charge in [-0.3, -0.25) is 4.79 Å². The highest BCUT2D eigenvalue weighted by atomic mass is 79.9. The molecular formula is C11H15BrN2O2. The highest BCUT2D eigenvalue weighted by molar-refractivity contribution is 9.10. The van der Waals surface area contributed by atoms with E-state index in [2.05, 4.69) is 21.2 Å². The topological polar surface area (TPSA) is 64.3 Å². The predicted molar refractivity (Wildman–Crippen MR) is 66.7 cm³/mol. The van der Waals surface area contributed by atoms with Gasteiger partial charge in [-0.2, -0.15) is 0 Å². The van der Waals surface area contributed by atoms with Crippen molar-refractivity contribution in [2.24, 2.45) is 5.73 Å². The molecular weight excluding hydrogens is 272 g/mol. The summed E-state index contributed by atoms with van der Waals surface area (Å²) >= 11 is 3.29. The maximum absolute atomic E-state index is 11.2. The second-order valence-corrected chi connectivity index (χ2v) is 4.41. The lowest BCUT2D eigenvalue weighted by Gasteiger charge is -2.16. The van der Waals surface area contributed by atoms with Gasteiger partial charge in [0.25, 0.3) is 5.91 Å². The summed E-state index contributed by atoms with van der Waals surface area (Å²) in [5.74, 6) is 0.0198. The SMILES string of the molecule is CNCC(C)Oc1ccc(Br)cc1C(N)=O. The lowest BCUT2D eigenvalue weighted by atomic mass is 10.2. The number of halogens is 1. The standard InChI is InChI=1S/C11H15BrN2O2/c1-7(6-14-2)16-10-4-3-8(12)5-9(10)11(13)15/h3-5,7,14H,6H2,1-2H3,(H2,13,15). The Kier molecular flexibility index (Phi) is 4.76. The van der Waals surface area contributed by atoms with Crippen molar-refractivity contribution < 1.29 is 9.53 Å². The molecule has 0 aliphatic rings. The van der Waals surface area contributed by atoms with Crippen molar-refractivity contribution in [1.29, 1.82) is 0 Å². The van der Waals surface area contributed by atoms with Crippen LogP contribution in [-0.4, -0.2) is 25.6 Å². The number of rotatable bonds is 5. The van der Waals surface area contributed by atoms with Crippen molar-refractivity contribution in [3.8, 4) is 5.75 Å².